The summed E-state index contributed by atoms with van der Waals surface area (Å²) in [5.41, 5.74) is 7.31. The first-order valence-electron chi connectivity index (χ1n) is 11.7. The lowest BCUT2D eigenvalue weighted by molar-refractivity contribution is -0.120. The molecule has 3 N–H and O–H groups in total. The van der Waals surface area contributed by atoms with Gasteiger partial charge in [0, 0.05) is 18.0 Å². The maximum Gasteiger partial charge on any atom is 0.411 e. The number of fused-ring (bicyclic) bond motifs is 1. The van der Waals surface area contributed by atoms with Crippen LogP contribution in [0.3, 0.4) is 0 Å². The highest BCUT2D eigenvalue weighted by Crippen LogP contribution is 2.32. The van der Waals surface area contributed by atoms with Gasteiger partial charge < -0.3 is 15.8 Å². The predicted molar refractivity (Wildman–Crippen MR) is 146 cm³/mol. The molecule has 14 heteroatoms. The van der Waals surface area contributed by atoms with Crippen molar-refractivity contribution in [2.24, 2.45) is 0 Å². The number of amides is 2. The fraction of sp³-hybridized carbons (Fsp3) is 0.333. The van der Waals surface area contributed by atoms with Crippen LogP contribution in [0.5, 0.6) is 0 Å². The molecule has 0 unspecified atom stereocenters. The van der Waals surface area contributed by atoms with E-state index in [0.717, 1.165) is 0 Å². The zero-order valence-corrected chi connectivity index (χ0v) is 23.0. The molecule has 3 aromatic heterocycles. The largest absolute Gasteiger partial charge is 0.444 e. The molecule has 1 aromatic carbocycles. The van der Waals surface area contributed by atoms with Crippen molar-refractivity contribution in [1.82, 2.24) is 29.9 Å². The van der Waals surface area contributed by atoms with Crippen LogP contribution in [0, 0.1) is 0 Å². The Morgan fingerprint density at radius 3 is 2.68 bits per heavy atom. The molecule has 1 aliphatic heterocycles. The van der Waals surface area contributed by atoms with E-state index in [0.29, 0.717) is 37.6 Å². The SMILES string of the molecule is CC(C)(C)OC(=O)N1C[C@@H](n2cc(-c3ccc4nc(N)sc4n3)nn2)C[C@H]1C(=O)Nc1ccc(Cl)cc1Cl. The number of ether oxygens (including phenoxy) is 1. The van der Waals surface area contributed by atoms with Crippen LogP contribution in [0.2, 0.25) is 10.0 Å². The summed E-state index contributed by atoms with van der Waals surface area (Å²) in [6, 6.07) is 7.22. The van der Waals surface area contributed by atoms with Gasteiger partial charge >= 0.3 is 6.09 Å². The van der Waals surface area contributed by atoms with Gasteiger partial charge in [0.2, 0.25) is 5.91 Å². The fourth-order valence-corrected chi connectivity index (χ4v) is 5.29. The summed E-state index contributed by atoms with van der Waals surface area (Å²) in [5.74, 6) is -0.405. The number of thiazole rings is 1. The molecule has 0 bridgehead atoms. The number of hydrogen-bond acceptors (Lipinski definition) is 9. The molecule has 1 fully saturated rings. The number of benzene rings is 1. The van der Waals surface area contributed by atoms with E-state index in [4.69, 9.17) is 33.7 Å². The number of nitrogens with one attached hydrogen (secondary N) is 1. The number of halogens is 2. The van der Waals surface area contributed by atoms with Crippen LogP contribution >= 0.6 is 34.5 Å². The van der Waals surface area contributed by atoms with Crippen LogP contribution in [-0.4, -0.2) is 60.0 Å². The van der Waals surface area contributed by atoms with Crippen LogP contribution < -0.4 is 11.1 Å². The lowest BCUT2D eigenvalue weighted by Gasteiger charge is -2.28. The van der Waals surface area contributed by atoms with Crippen LogP contribution in [-0.2, 0) is 9.53 Å². The molecule has 1 saturated heterocycles. The van der Waals surface area contributed by atoms with E-state index in [-0.39, 0.29) is 24.0 Å². The Morgan fingerprint density at radius 2 is 1.95 bits per heavy atom. The molecule has 38 heavy (non-hydrogen) atoms. The van der Waals surface area contributed by atoms with Crippen molar-refractivity contribution in [3.8, 4) is 11.4 Å². The Balaban J connectivity index is 1.39. The topological polar surface area (TPSA) is 141 Å². The predicted octanol–water partition coefficient (Wildman–Crippen LogP) is 5.03. The van der Waals surface area contributed by atoms with Gasteiger partial charge in [-0.2, -0.15) is 0 Å². The van der Waals surface area contributed by atoms with Crippen molar-refractivity contribution in [3.05, 3.63) is 46.6 Å². The normalized spacial score (nSPS) is 17.7. The average molecular weight is 575 g/mol. The molecule has 5 rings (SSSR count). The lowest BCUT2D eigenvalue weighted by Crippen LogP contribution is -2.45. The van der Waals surface area contributed by atoms with Crippen molar-refractivity contribution >= 4 is 67.7 Å². The number of carbonyl (C=O) groups is 2. The first-order chi connectivity index (χ1) is 18.0. The summed E-state index contributed by atoms with van der Waals surface area (Å²) in [7, 11) is 0. The smallest absolute Gasteiger partial charge is 0.411 e. The molecule has 0 saturated carbocycles. The van der Waals surface area contributed by atoms with E-state index in [1.807, 2.05) is 6.07 Å². The molecule has 198 valence electrons. The van der Waals surface area contributed by atoms with Crippen molar-refractivity contribution < 1.29 is 14.3 Å². The number of hydrogen-bond donors (Lipinski definition) is 2. The Labute approximate surface area is 231 Å². The number of carbonyl (C=O) groups excluding carboxylic acids is 2. The number of nitrogens with zero attached hydrogens (tertiary/aromatic N) is 6. The van der Waals surface area contributed by atoms with Crippen LogP contribution in [0.1, 0.15) is 33.2 Å². The van der Waals surface area contributed by atoms with E-state index < -0.39 is 23.6 Å². The fourth-order valence-electron chi connectivity index (χ4n) is 4.13. The number of pyridine rings is 1. The van der Waals surface area contributed by atoms with E-state index in [1.165, 1.54) is 22.3 Å². The third-order valence-corrected chi connectivity index (χ3v) is 7.16. The number of aromatic nitrogens is 5. The second kappa shape index (κ2) is 10.0. The third-order valence-electron chi connectivity index (χ3n) is 5.82. The quantitative estimate of drug-likeness (QED) is 0.345. The highest BCUT2D eigenvalue weighted by Gasteiger charge is 2.43. The minimum Gasteiger partial charge on any atom is -0.444 e. The Hall–Kier alpha value is -3.48. The number of nitrogen functional groups attached to an aromatic ring is 1. The Kier molecular flexibility index (Phi) is 6.88. The molecule has 0 aliphatic carbocycles. The molecule has 1 aliphatic rings. The van der Waals surface area contributed by atoms with E-state index >= 15 is 0 Å². The molecule has 4 aromatic rings. The lowest BCUT2D eigenvalue weighted by atomic mass is 10.1. The monoisotopic (exact) mass is 574 g/mol. The number of likely N-dealkylation sites (tertiary alicyclic amines) is 1. The van der Waals surface area contributed by atoms with E-state index in [2.05, 4.69) is 25.6 Å². The summed E-state index contributed by atoms with van der Waals surface area (Å²) in [6.07, 6.45) is 1.43. The van der Waals surface area contributed by atoms with Gasteiger partial charge in [-0.05, 0) is 51.1 Å². The number of anilines is 2. The first kappa shape index (κ1) is 26.1. The minimum absolute atomic E-state index is 0.196. The summed E-state index contributed by atoms with van der Waals surface area (Å²) in [4.78, 5) is 37.3. The van der Waals surface area contributed by atoms with Gasteiger partial charge in [0.05, 0.1) is 28.6 Å². The zero-order valence-electron chi connectivity index (χ0n) is 20.7. The summed E-state index contributed by atoms with van der Waals surface area (Å²) < 4.78 is 7.23. The molecule has 0 spiro atoms. The second-order valence-electron chi connectivity index (χ2n) is 9.81. The van der Waals surface area contributed by atoms with Gasteiger partial charge in [0.1, 0.15) is 27.7 Å². The van der Waals surface area contributed by atoms with E-state index in [1.54, 1.807) is 49.8 Å². The first-order valence-corrected chi connectivity index (χ1v) is 13.2. The van der Waals surface area contributed by atoms with Crippen molar-refractivity contribution in [2.75, 3.05) is 17.6 Å². The van der Waals surface area contributed by atoms with Gasteiger partial charge in [-0.15, -0.1) is 5.10 Å². The molecular formula is C24H24Cl2N8O3S. The molecule has 11 nitrogen and oxygen atoms in total. The summed E-state index contributed by atoms with van der Waals surface area (Å²) in [6.45, 7) is 5.50. The standard InChI is InChI=1S/C24H24Cl2N8O3S/c1-24(2,3)37-23(36)33-10-13(9-19(33)20(35)28-15-5-4-12(25)8-14(15)26)34-11-18(31-32-34)16-6-7-17-21(29-16)38-22(27)30-17/h4-8,11,13,19H,9-10H2,1-3H3,(H2,27,30)(H,28,35)/t13-,19-/m0/s1. The summed E-state index contributed by atoms with van der Waals surface area (Å²) >= 11 is 13.5. The molecule has 0 radical (unpaired) electrons. The van der Waals surface area contributed by atoms with Gasteiger partial charge in [0.25, 0.3) is 0 Å². The number of rotatable bonds is 4. The average Bonchev–Trinajstić information content (AvgIpc) is 3.56. The minimum atomic E-state index is -0.830. The van der Waals surface area contributed by atoms with Crippen molar-refractivity contribution in [3.63, 3.8) is 0 Å². The van der Waals surface area contributed by atoms with Crippen LogP contribution in [0.15, 0.2) is 36.5 Å². The van der Waals surface area contributed by atoms with Crippen LogP contribution in [0.4, 0.5) is 15.6 Å². The molecule has 4 heterocycles. The highest BCUT2D eigenvalue weighted by atomic mass is 35.5. The molecular weight excluding hydrogens is 551 g/mol. The highest BCUT2D eigenvalue weighted by molar-refractivity contribution is 7.21. The van der Waals surface area contributed by atoms with E-state index in [9.17, 15) is 9.59 Å². The van der Waals surface area contributed by atoms with Gasteiger partial charge in [-0.1, -0.05) is 39.8 Å². The Morgan fingerprint density at radius 1 is 1.16 bits per heavy atom. The van der Waals surface area contributed by atoms with Crippen molar-refractivity contribution in [2.45, 2.75) is 44.9 Å². The molecule has 2 amide bonds. The van der Waals surface area contributed by atoms with Gasteiger partial charge in [-0.3, -0.25) is 9.69 Å². The zero-order chi connectivity index (χ0) is 27.2. The Bertz CT molecular complexity index is 1530. The third kappa shape index (κ3) is 5.52. The summed E-state index contributed by atoms with van der Waals surface area (Å²) in [5, 5.41) is 12.5. The van der Waals surface area contributed by atoms with Crippen LogP contribution in [0.25, 0.3) is 21.7 Å². The number of nitrogens with two attached hydrogens (primary N) is 1. The van der Waals surface area contributed by atoms with Gasteiger partial charge in [0.15, 0.2) is 5.13 Å². The molecule has 2 atom stereocenters. The van der Waals surface area contributed by atoms with Crippen molar-refractivity contribution in [1.29, 1.82) is 0 Å². The second-order valence-corrected chi connectivity index (χ2v) is 11.7. The maximum atomic E-state index is 13.3. The maximum absolute atomic E-state index is 13.3. The van der Waals surface area contributed by atoms with Gasteiger partial charge in [-0.25, -0.2) is 19.4 Å².